The Morgan fingerprint density at radius 1 is 0.345 bits per heavy atom. The van der Waals surface area contributed by atoms with Crippen LogP contribution in [0.4, 0.5) is 0 Å². The van der Waals surface area contributed by atoms with E-state index in [0.717, 1.165) is 68.6 Å². The molecule has 0 fully saturated rings. The molecule has 0 aliphatic carbocycles. The predicted molar refractivity (Wildman–Crippen MR) is 237 cm³/mol. The Kier molecular flexibility index (Phi) is 10.4. The summed E-state index contributed by atoms with van der Waals surface area (Å²) in [6.45, 7) is 30.8. The van der Waals surface area contributed by atoms with E-state index in [-0.39, 0.29) is 16.2 Å². The highest BCUT2D eigenvalue weighted by Crippen LogP contribution is 2.52. The van der Waals surface area contributed by atoms with Crippen LogP contribution in [0, 0.1) is 41.5 Å². The number of rotatable bonds is 0. The van der Waals surface area contributed by atoms with Crippen LogP contribution in [0.5, 0.6) is 57.5 Å². The van der Waals surface area contributed by atoms with Gasteiger partial charge in [0, 0.05) is 16.5 Å². The second kappa shape index (κ2) is 14.9. The molecule has 3 aliphatic heterocycles. The van der Waals surface area contributed by atoms with Crippen molar-refractivity contribution in [2.75, 3.05) is 0 Å². The SMILES string of the molecule is Cc1cc(C(C)(C)C)cc2c1Oc1c(C)cc(C(C)(C)C)cc1C2(C)C.Cc1ccc2c(c1)Oc1cc(C)ccc1O2.Cc1ccc2c(c1)Oc1ccc(C)cc1O2. The zero-order chi connectivity index (χ0) is 41.9. The average Bonchev–Trinajstić information content (AvgIpc) is 3.13. The minimum absolute atomic E-state index is 0.0824. The van der Waals surface area contributed by atoms with Gasteiger partial charge in [-0.1, -0.05) is 104 Å². The molecule has 6 aromatic rings. The van der Waals surface area contributed by atoms with Crippen molar-refractivity contribution in [2.45, 2.75) is 113 Å². The molecule has 0 N–H and O–H groups in total. The first-order valence-electron chi connectivity index (χ1n) is 20.3. The van der Waals surface area contributed by atoms with Crippen molar-refractivity contribution in [1.82, 2.24) is 0 Å². The highest BCUT2D eigenvalue weighted by molar-refractivity contribution is 5.64. The molecule has 0 saturated carbocycles. The molecule has 0 atom stereocenters. The minimum Gasteiger partial charge on any atom is -0.456 e. The van der Waals surface area contributed by atoms with Crippen molar-refractivity contribution < 1.29 is 23.7 Å². The van der Waals surface area contributed by atoms with E-state index in [1.54, 1.807) is 0 Å². The lowest BCUT2D eigenvalue weighted by Gasteiger charge is -2.38. The van der Waals surface area contributed by atoms with Crippen molar-refractivity contribution in [1.29, 1.82) is 0 Å². The van der Waals surface area contributed by atoms with Gasteiger partial charge in [0.1, 0.15) is 11.5 Å². The van der Waals surface area contributed by atoms with Gasteiger partial charge in [0.15, 0.2) is 46.0 Å². The molecule has 3 heterocycles. The Hall–Kier alpha value is -5.68. The molecular formula is C53H58O5. The molecule has 0 saturated heterocycles. The third kappa shape index (κ3) is 8.18. The van der Waals surface area contributed by atoms with E-state index in [2.05, 4.69) is 93.5 Å². The third-order valence-electron chi connectivity index (χ3n) is 11.1. The summed E-state index contributed by atoms with van der Waals surface area (Å²) in [7, 11) is 0. The standard InChI is InChI=1S/C25H34O.2C14H12O2/c1-15-11-17(23(3,4)5)13-19-21(15)26-22-16(2)12-18(24(6,7)8)14-20(22)25(19,9)10;1-9-3-5-11-13(7-9)15-12-6-4-10(2)8-14(12)16-11;1-9-3-5-11-13(7-9)16-14-8-10(2)4-6-12(14)15-11/h11-14H,1-10H3;2*3-8H,1-2H3. The first kappa shape index (κ1) is 40.5. The summed E-state index contributed by atoms with van der Waals surface area (Å²) in [6, 6.07) is 33.1. The third-order valence-corrected chi connectivity index (χ3v) is 11.1. The summed E-state index contributed by atoms with van der Waals surface area (Å²) in [5, 5.41) is 0. The van der Waals surface area contributed by atoms with E-state index < -0.39 is 0 Å². The van der Waals surface area contributed by atoms with Crippen molar-refractivity contribution >= 4 is 0 Å². The molecule has 58 heavy (non-hydrogen) atoms. The molecule has 5 nitrogen and oxygen atoms in total. The van der Waals surface area contributed by atoms with Crippen LogP contribution < -0.4 is 23.7 Å². The van der Waals surface area contributed by atoms with E-state index >= 15 is 0 Å². The molecule has 9 rings (SSSR count). The lowest BCUT2D eigenvalue weighted by molar-refractivity contribution is 0.359. The minimum atomic E-state index is -0.0824. The van der Waals surface area contributed by atoms with E-state index in [9.17, 15) is 0 Å². The number of aryl methyl sites for hydroxylation is 6. The largest absolute Gasteiger partial charge is 0.456 e. The normalized spacial score (nSPS) is 13.8. The van der Waals surface area contributed by atoms with Gasteiger partial charge in [-0.25, -0.2) is 0 Å². The fraction of sp³-hybridized carbons (Fsp3) is 0.321. The van der Waals surface area contributed by atoms with Crippen molar-refractivity contribution in [3.8, 4) is 57.5 Å². The van der Waals surface area contributed by atoms with E-state index in [1.807, 2.05) is 100 Å². The van der Waals surface area contributed by atoms with Crippen molar-refractivity contribution in [3.63, 3.8) is 0 Å². The van der Waals surface area contributed by atoms with E-state index in [4.69, 9.17) is 23.7 Å². The second-order valence-corrected chi connectivity index (χ2v) is 18.8. The molecule has 6 aromatic carbocycles. The summed E-state index contributed by atoms with van der Waals surface area (Å²) < 4.78 is 29.7. The van der Waals surface area contributed by atoms with Crippen LogP contribution in [0.1, 0.15) is 111 Å². The summed E-state index contributed by atoms with van der Waals surface area (Å²) >= 11 is 0. The van der Waals surface area contributed by atoms with E-state index in [1.165, 1.54) is 44.5 Å². The number of fused-ring (bicyclic) bond motifs is 6. The van der Waals surface area contributed by atoms with Gasteiger partial charge in [0.25, 0.3) is 0 Å². The van der Waals surface area contributed by atoms with Crippen LogP contribution in [0.2, 0.25) is 0 Å². The molecule has 3 aliphatic rings. The van der Waals surface area contributed by atoms with Crippen LogP contribution in [0.15, 0.2) is 97.1 Å². The van der Waals surface area contributed by atoms with Gasteiger partial charge in [0.05, 0.1) is 0 Å². The Morgan fingerprint density at radius 2 is 0.621 bits per heavy atom. The smallest absolute Gasteiger partial charge is 0.170 e. The van der Waals surface area contributed by atoms with Crippen LogP contribution in [0.3, 0.4) is 0 Å². The molecule has 0 aromatic heterocycles. The highest BCUT2D eigenvalue weighted by Gasteiger charge is 2.38. The number of hydrogen-bond donors (Lipinski definition) is 0. The lowest BCUT2D eigenvalue weighted by Crippen LogP contribution is -2.27. The zero-order valence-electron chi connectivity index (χ0n) is 36.8. The average molecular weight is 775 g/mol. The first-order valence-corrected chi connectivity index (χ1v) is 20.3. The van der Waals surface area contributed by atoms with Crippen LogP contribution in [-0.2, 0) is 16.2 Å². The first-order chi connectivity index (χ1) is 27.2. The molecule has 5 heteroatoms. The van der Waals surface area contributed by atoms with Crippen LogP contribution >= 0.6 is 0 Å². The van der Waals surface area contributed by atoms with Crippen molar-refractivity contribution in [2.24, 2.45) is 0 Å². The molecule has 0 spiro atoms. The fourth-order valence-corrected chi connectivity index (χ4v) is 7.45. The monoisotopic (exact) mass is 774 g/mol. The fourth-order valence-electron chi connectivity index (χ4n) is 7.45. The Morgan fingerprint density at radius 3 is 0.914 bits per heavy atom. The second-order valence-electron chi connectivity index (χ2n) is 18.8. The number of benzene rings is 6. The lowest BCUT2D eigenvalue weighted by atomic mass is 9.71. The molecule has 0 radical (unpaired) electrons. The number of hydrogen-bond acceptors (Lipinski definition) is 5. The molecule has 0 unspecified atom stereocenters. The Bertz CT molecular complexity index is 2370. The van der Waals surface area contributed by atoms with Gasteiger partial charge in [-0.15, -0.1) is 0 Å². The van der Waals surface area contributed by atoms with Crippen molar-refractivity contribution in [3.05, 3.63) is 153 Å². The molecule has 0 amide bonds. The maximum atomic E-state index is 6.51. The van der Waals surface area contributed by atoms with Gasteiger partial charge in [-0.2, -0.15) is 0 Å². The quantitative estimate of drug-likeness (QED) is 0.154. The molecular weight excluding hydrogens is 717 g/mol. The maximum absolute atomic E-state index is 6.51. The highest BCUT2D eigenvalue weighted by atomic mass is 16.6. The van der Waals surface area contributed by atoms with Crippen LogP contribution in [0.25, 0.3) is 0 Å². The van der Waals surface area contributed by atoms with Gasteiger partial charge in [-0.3, -0.25) is 0 Å². The molecule has 0 bridgehead atoms. The predicted octanol–water partition coefficient (Wildman–Crippen LogP) is 15.7. The van der Waals surface area contributed by atoms with Gasteiger partial charge < -0.3 is 23.7 Å². The summed E-state index contributed by atoms with van der Waals surface area (Å²) in [5.74, 6) is 8.37. The maximum Gasteiger partial charge on any atom is 0.170 e. The van der Waals surface area contributed by atoms with E-state index in [0.29, 0.717) is 0 Å². The number of ether oxygens (including phenoxy) is 5. The van der Waals surface area contributed by atoms with Gasteiger partial charge in [0.2, 0.25) is 0 Å². The Balaban J connectivity index is 0.000000139. The summed E-state index contributed by atoms with van der Waals surface area (Å²) in [5.41, 5.74) is 12.6. The van der Waals surface area contributed by atoms with Gasteiger partial charge >= 0.3 is 0 Å². The topological polar surface area (TPSA) is 46.2 Å². The zero-order valence-corrected chi connectivity index (χ0v) is 36.8. The van der Waals surface area contributed by atoms with Gasteiger partial charge in [-0.05, 0) is 145 Å². The summed E-state index contributed by atoms with van der Waals surface area (Å²) in [6.07, 6.45) is 0. The Labute approximate surface area is 345 Å². The molecule has 300 valence electrons. The van der Waals surface area contributed by atoms with Crippen LogP contribution in [-0.4, -0.2) is 0 Å². The summed E-state index contributed by atoms with van der Waals surface area (Å²) in [4.78, 5) is 0.